The molecule has 0 heterocycles. The second-order valence-electron chi connectivity index (χ2n) is 6.07. The van der Waals surface area contributed by atoms with E-state index in [1.54, 1.807) is 30.3 Å². The zero-order chi connectivity index (χ0) is 19.2. The minimum Gasteiger partial charge on any atom is -0.444 e. The van der Waals surface area contributed by atoms with E-state index < -0.39 is 6.09 Å². The first kappa shape index (κ1) is 18.3. The molecule has 0 unspecified atom stereocenters. The molecule has 0 radical (unpaired) electrons. The molecule has 0 spiro atoms. The molecule has 3 aromatic rings. The molecule has 138 valence electrons. The predicted octanol–water partition coefficient (Wildman–Crippen LogP) is 4.33. The Kier molecular flexibility index (Phi) is 5.56. The highest BCUT2D eigenvalue weighted by Gasteiger charge is 2.19. The van der Waals surface area contributed by atoms with Crippen LogP contribution in [0, 0.1) is 5.82 Å². The van der Waals surface area contributed by atoms with Gasteiger partial charge in [-0.25, -0.2) is 9.18 Å². The van der Waals surface area contributed by atoms with Gasteiger partial charge in [0.05, 0.1) is 17.9 Å². The number of carbonyl (C=O) groups excluding carboxylic acids is 1. The molecule has 5 nitrogen and oxygen atoms in total. The van der Waals surface area contributed by atoms with Gasteiger partial charge in [-0.15, -0.1) is 0 Å². The summed E-state index contributed by atoms with van der Waals surface area (Å²) >= 11 is 0. The van der Waals surface area contributed by atoms with Crippen LogP contribution in [0.25, 0.3) is 0 Å². The van der Waals surface area contributed by atoms with Gasteiger partial charge in [-0.1, -0.05) is 42.5 Å². The number of hydrogen-bond acceptors (Lipinski definition) is 4. The van der Waals surface area contributed by atoms with Crippen molar-refractivity contribution in [2.75, 3.05) is 16.4 Å². The Hall–Kier alpha value is -3.54. The van der Waals surface area contributed by atoms with Crippen LogP contribution in [0.2, 0.25) is 0 Å². The summed E-state index contributed by atoms with van der Waals surface area (Å²) in [5.41, 5.74) is 14.6. The first-order valence-electron chi connectivity index (χ1n) is 8.40. The molecule has 0 fully saturated rings. The number of rotatable bonds is 5. The standard InChI is InChI=1S/C21H20FN3O2/c22-17-8-6-15(7-9-17)13-25(18-10-11-19(23)20(24)12-18)21(26)27-14-16-4-2-1-3-5-16/h1-12H,13-14,23-24H2. The maximum atomic E-state index is 13.2. The van der Waals surface area contributed by atoms with Crippen LogP contribution in [-0.4, -0.2) is 6.09 Å². The van der Waals surface area contributed by atoms with E-state index in [4.69, 9.17) is 16.2 Å². The third kappa shape index (κ3) is 4.76. The predicted molar refractivity (Wildman–Crippen MR) is 104 cm³/mol. The molecular weight excluding hydrogens is 345 g/mol. The monoisotopic (exact) mass is 365 g/mol. The highest BCUT2D eigenvalue weighted by Crippen LogP contribution is 2.25. The maximum absolute atomic E-state index is 13.2. The van der Waals surface area contributed by atoms with E-state index >= 15 is 0 Å². The molecule has 0 saturated heterocycles. The third-order valence-electron chi connectivity index (χ3n) is 4.06. The number of nitrogen functional groups attached to an aromatic ring is 2. The molecule has 0 aliphatic carbocycles. The summed E-state index contributed by atoms with van der Waals surface area (Å²) in [4.78, 5) is 14.2. The van der Waals surface area contributed by atoms with Crippen molar-refractivity contribution in [3.05, 3.63) is 89.7 Å². The molecule has 6 heteroatoms. The number of nitrogens with zero attached hydrogens (tertiary/aromatic N) is 1. The number of anilines is 3. The van der Waals surface area contributed by atoms with Gasteiger partial charge >= 0.3 is 6.09 Å². The summed E-state index contributed by atoms with van der Waals surface area (Å²) in [6.07, 6.45) is -0.535. The molecule has 0 aromatic heterocycles. The summed E-state index contributed by atoms with van der Waals surface area (Å²) in [5.74, 6) is -0.339. The zero-order valence-corrected chi connectivity index (χ0v) is 14.6. The number of carbonyl (C=O) groups is 1. The first-order valence-corrected chi connectivity index (χ1v) is 8.40. The molecule has 0 saturated carbocycles. The van der Waals surface area contributed by atoms with Gasteiger partial charge in [0.25, 0.3) is 0 Å². The first-order chi connectivity index (χ1) is 13.0. The van der Waals surface area contributed by atoms with Crippen molar-refractivity contribution in [2.24, 2.45) is 0 Å². The van der Waals surface area contributed by atoms with Gasteiger partial charge < -0.3 is 16.2 Å². The summed E-state index contributed by atoms with van der Waals surface area (Å²) in [6, 6.07) is 20.3. The molecule has 4 N–H and O–H groups in total. The lowest BCUT2D eigenvalue weighted by molar-refractivity contribution is 0.146. The van der Waals surface area contributed by atoms with Crippen molar-refractivity contribution in [1.29, 1.82) is 0 Å². The van der Waals surface area contributed by atoms with E-state index in [1.807, 2.05) is 30.3 Å². The summed E-state index contributed by atoms with van der Waals surface area (Å²) in [7, 11) is 0. The molecular formula is C21H20FN3O2. The van der Waals surface area contributed by atoms with Gasteiger partial charge in [-0.05, 0) is 41.5 Å². The lowest BCUT2D eigenvalue weighted by Crippen LogP contribution is -2.31. The van der Waals surface area contributed by atoms with Crippen LogP contribution in [0.5, 0.6) is 0 Å². The minimum atomic E-state index is -0.535. The largest absolute Gasteiger partial charge is 0.444 e. The topological polar surface area (TPSA) is 81.6 Å². The number of ether oxygens (including phenoxy) is 1. The highest BCUT2D eigenvalue weighted by molar-refractivity contribution is 5.89. The van der Waals surface area contributed by atoms with E-state index in [-0.39, 0.29) is 19.0 Å². The number of nitrogens with two attached hydrogens (primary N) is 2. The van der Waals surface area contributed by atoms with Crippen molar-refractivity contribution >= 4 is 23.2 Å². The fraction of sp³-hybridized carbons (Fsp3) is 0.0952. The smallest absolute Gasteiger partial charge is 0.414 e. The van der Waals surface area contributed by atoms with Crippen molar-refractivity contribution in [2.45, 2.75) is 13.2 Å². The number of hydrogen-bond donors (Lipinski definition) is 2. The molecule has 3 rings (SSSR count). The molecule has 0 aliphatic rings. The average molecular weight is 365 g/mol. The number of benzene rings is 3. The molecule has 3 aromatic carbocycles. The molecule has 0 bridgehead atoms. The van der Waals surface area contributed by atoms with Gasteiger partial charge in [-0.3, -0.25) is 4.90 Å². The summed E-state index contributed by atoms with van der Waals surface area (Å²) < 4.78 is 18.6. The third-order valence-corrected chi connectivity index (χ3v) is 4.06. The highest BCUT2D eigenvalue weighted by atomic mass is 19.1. The lowest BCUT2D eigenvalue weighted by Gasteiger charge is -2.23. The van der Waals surface area contributed by atoms with E-state index in [9.17, 15) is 9.18 Å². The van der Waals surface area contributed by atoms with E-state index in [0.29, 0.717) is 17.1 Å². The lowest BCUT2D eigenvalue weighted by atomic mass is 10.2. The van der Waals surface area contributed by atoms with E-state index in [2.05, 4.69) is 0 Å². The fourth-order valence-electron chi connectivity index (χ4n) is 2.56. The van der Waals surface area contributed by atoms with Crippen molar-refractivity contribution in [3.8, 4) is 0 Å². The quantitative estimate of drug-likeness (QED) is 0.659. The van der Waals surface area contributed by atoms with Crippen LogP contribution in [0.15, 0.2) is 72.8 Å². The molecule has 27 heavy (non-hydrogen) atoms. The number of amides is 1. The average Bonchev–Trinajstić information content (AvgIpc) is 2.69. The normalized spacial score (nSPS) is 10.4. The summed E-state index contributed by atoms with van der Waals surface area (Å²) in [5, 5.41) is 0. The zero-order valence-electron chi connectivity index (χ0n) is 14.6. The second-order valence-corrected chi connectivity index (χ2v) is 6.07. The van der Waals surface area contributed by atoms with Crippen LogP contribution in [0.3, 0.4) is 0 Å². The Morgan fingerprint density at radius 1 is 0.889 bits per heavy atom. The molecule has 0 atom stereocenters. The van der Waals surface area contributed by atoms with Gasteiger partial charge in [0, 0.05) is 5.69 Å². The Labute approximate surface area is 157 Å². The summed E-state index contributed by atoms with van der Waals surface area (Å²) in [6.45, 7) is 0.349. The maximum Gasteiger partial charge on any atom is 0.414 e. The van der Waals surface area contributed by atoms with E-state index in [0.717, 1.165) is 11.1 Å². The Balaban J connectivity index is 1.82. The number of halogens is 1. The van der Waals surface area contributed by atoms with Gasteiger partial charge in [0.15, 0.2) is 0 Å². The van der Waals surface area contributed by atoms with Gasteiger partial charge in [0.1, 0.15) is 12.4 Å². The van der Waals surface area contributed by atoms with Gasteiger partial charge in [-0.2, -0.15) is 0 Å². The Morgan fingerprint density at radius 3 is 2.26 bits per heavy atom. The fourth-order valence-corrected chi connectivity index (χ4v) is 2.56. The SMILES string of the molecule is Nc1ccc(N(Cc2ccc(F)cc2)C(=O)OCc2ccccc2)cc1N. The van der Waals surface area contributed by atoms with Crippen molar-refractivity contribution < 1.29 is 13.9 Å². The van der Waals surface area contributed by atoms with Crippen LogP contribution >= 0.6 is 0 Å². The van der Waals surface area contributed by atoms with Crippen molar-refractivity contribution in [1.82, 2.24) is 0 Å². The second kappa shape index (κ2) is 8.23. The van der Waals surface area contributed by atoms with Crippen LogP contribution in [0.4, 0.5) is 26.2 Å². The molecule has 0 aliphatic heterocycles. The molecule has 1 amide bonds. The van der Waals surface area contributed by atoms with E-state index in [1.165, 1.54) is 17.0 Å². The van der Waals surface area contributed by atoms with Crippen molar-refractivity contribution in [3.63, 3.8) is 0 Å². The van der Waals surface area contributed by atoms with Gasteiger partial charge in [0.2, 0.25) is 0 Å². The Morgan fingerprint density at radius 2 is 1.59 bits per heavy atom. The van der Waals surface area contributed by atoms with Crippen LogP contribution in [-0.2, 0) is 17.9 Å². The van der Waals surface area contributed by atoms with Crippen LogP contribution < -0.4 is 16.4 Å². The Bertz CT molecular complexity index is 914. The minimum absolute atomic E-state index is 0.143. The van der Waals surface area contributed by atoms with Crippen LogP contribution in [0.1, 0.15) is 11.1 Å².